The monoisotopic (exact) mass is 301 g/mol. The quantitative estimate of drug-likeness (QED) is 0.810. The maximum atomic E-state index is 5.32. The second-order valence-electron chi connectivity index (χ2n) is 5.73. The third kappa shape index (κ3) is 4.11. The van der Waals surface area contributed by atoms with Crippen LogP contribution in [0, 0.1) is 0 Å². The van der Waals surface area contributed by atoms with Crippen LogP contribution < -0.4 is 0 Å². The van der Waals surface area contributed by atoms with Crippen LogP contribution in [0.3, 0.4) is 0 Å². The lowest BCUT2D eigenvalue weighted by atomic mass is 10.2. The zero-order valence-corrected chi connectivity index (χ0v) is 13.1. The van der Waals surface area contributed by atoms with E-state index in [4.69, 9.17) is 4.52 Å². The summed E-state index contributed by atoms with van der Waals surface area (Å²) in [5.74, 6) is 1.56. The molecule has 1 saturated heterocycles. The van der Waals surface area contributed by atoms with Gasteiger partial charge >= 0.3 is 0 Å². The SMILES string of the molecule is CCCc1noc(CN2CCN(Cc3ccccn3)CC2)n1. The smallest absolute Gasteiger partial charge is 0.240 e. The molecule has 3 heterocycles. The zero-order valence-electron chi connectivity index (χ0n) is 13.1. The van der Waals surface area contributed by atoms with Gasteiger partial charge in [-0.1, -0.05) is 18.1 Å². The van der Waals surface area contributed by atoms with Crippen molar-refractivity contribution in [3.05, 3.63) is 41.8 Å². The average molecular weight is 301 g/mol. The minimum atomic E-state index is 0.738. The van der Waals surface area contributed by atoms with Crippen LogP contribution in [0.2, 0.25) is 0 Å². The van der Waals surface area contributed by atoms with E-state index in [2.05, 4.69) is 37.9 Å². The van der Waals surface area contributed by atoms with Crippen LogP contribution in [0.1, 0.15) is 30.8 Å². The lowest BCUT2D eigenvalue weighted by Gasteiger charge is -2.33. The van der Waals surface area contributed by atoms with Gasteiger partial charge in [-0.05, 0) is 18.6 Å². The Balaban J connectivity index is 1.45. The van der Waals surface area contributed by atoms with Gasteiger partial charge in [0.25, 0.3) is 0 Å². The van der Waals surface area contributed by atoms with E-state index in [1.54, 1.807) is 0 Å². The summed E-state index contributed by atoms with van der Waals surface area (Å²) < 4.78 is 5.32. The molecule has 1 aliphatic heterocycles. The van der Waals surface area contributed by atoms with Crippen LogP contribution in [-0.4, -0.2) is 51.1 Å². The van der Waals surface area contributed by atoms with Crippen molar-refractivity contribution in [1.29, 1.82) is 0 Å². The fraction of sp³-hybridized carbons (Fsp3) is 0.562. The molecule has 0 saturated carbocycles. The van der Waals surface area contributed by atoms with Gasteiger partial charge in [0.05, 0.1) is 12.2 Å². The van der Waals surface area contributed by atoms with E-state index in [9.17, 15) is 0 Å². The van der Waals surface area contributed by atoms with Crippen molar-refractivity contribution in [3.63, 3.8) is 0 Å². The van der Waals surface area contributed by atoms with Gasteiger partial charge in [0.15, 0.2) is 5.82 Å². The fourth-order valence-electron chi connectivity index (χ4n) is 2.70. The summed E-state index contributed by atoms with van der Waals surface area (Å²) in [6, 6.07) is 6.08. The van der Waals surface area contributed by atoms with Crippen molar-refractivity contribution in [2.45, 2.75) is 32.9 Å². The highest BCUT2D eigenvalue weighted by Gasteiger charge is 2.19. The third-order valence-electron chi connectivity index (χ3n) is 3.92. The van der Waals surface area contributed by atoms with Crippen molar-refractivity contribution in [2.75, 3.05) is 26.2 Å². The Morgan fingerprint density at radius 3 is 2.55 bits per heavy atom. The van der Waals surface area contributed by atoms with Crippen molar-refractivity contribution in [2.24, 2.45) is 0 Å². The predicted octanol–water partition coefficient (Wildman–Crippen LogP) is 1.73. The van der Waals surface area contributed by atoms with Crippen molar-refractivity contribution in [1.82, 2.24) is 24.9 Å². The van der Waals surface area contributed by atoms with Gasteiger partial charge in [-0.3, -0.25) is 14.8 Å². The maximum Gasteiger partial charge on any atom is 0.240 e. The standard InChI is InChI=1S/C16H23N5O/c1-2-5-15-18-16(22-19-15)13-21-10-8-20(9-11-21)12-14-6-3-4-7-17-14/h3-4,6-7H,2,5,8-13H2,1H3. The van der Waals surface area contributed by atoms with Gasteiger partial charge in [-0.15, -0.1) is 0 Å². The second-order valence-corrected chi connectivity index (χ2v) is 5.73. The summed E-state index contributed by atoms with van der Waals surface area (Å²) in [6.07, 6.45) is 3.79. The highest BCUT2D eigenvalue weighted by atomic mass is 16.5. The topological polar surface area (TPSA) is 58.3 Å². The number of hydrogen-bond donors (Lipinski definition) is 0. The van der Waals surface area contributed by atoms with E-state index in [0.29, 0.717) is 0 Å². The highest BCUT2D eigenvalue weighted by Crippen LogP contribution is 2.10. The molecule has 0 atom stereocenters. The van der Waals surface area contributed by atoms with Crippen LogP contribution in [0.5, 0.6) is 0 Å². The van der Waals surface area contributed by atoms with E-state index < -0.39 is 0 Å². The van der Waals surface area contributed by atoms with Gasteiger partial charge < -0.3 is 4.52 Å². The molecule has 2 aromatic rings. The molecule has 0 spiro atoms. The number of aromatic nitrogens is 3. The minimum absolute atomic E-state index is 0.738. The first-order valence-electron chi connectivity index (χ1n) is 7.99. The fourth-order valence-corrected chi connectivity index (χ4v) is 2.70. The van der Waals surface area contributed by atoms with Crippen molar-refractivity contribution < 1.29 is 4.52 Å². The van der Waals surface area contributed by atoms with Gasteiger partial charge in [-0.25, -0.2) is 0 Å². The Bertz CT molecular complexity index is 563. The third-order valence-corrected chi connectivity index (χ3v) is 3.92. The van der Waals surface area contributed by atoms with Crippen LogP contribution in [0.25, 0.3) is 0 Å². The molecular formula is C16H23N5O. The average Bonchev–Trinajstić information content (AvgIpc) is 2.98. The Labute approximate surface area is 131 Å². The summed E-state index contributed by atoms with van der Waals surface area (Å²) in [4.78, 5) is 13.6. The summed E-state index contributed by atoms with van der Waals surface area (Å²) in [7, 11) is 0. The molecule has 2 aromatic heterocycles. The molecule has 1 aliphatic rings. The van der Waals surface area contributed by atoms with Crippen LogP contribution in [0.15, 0.2) is 28.9 Å². The van der Waals surface area contributed by atoms with Crippen LogP contribution in [0.4, 0.5) is 0 Å². The molecule has 0 amide bonds. The Morgan fingerprint density at radius 1 is 1.09 bits per heavy atom. The largest absolute Gasteiger partial charge is 0.338 e. The summed E-state index contributed by atoms with van der Waals surface area (Å²) in [5, 5.41) is 4.01. The molecule has 0 aromatic carbocycles. The molecule has 22 heavy (non-hydrogen) atoms. The zero-order chi connectivity index (χ0) is 15.2. The Morgan fingerprint density at radius 2 is 1.86 bits per heavy atom. The number of aryl methyl sites for hydroxylation is 1. The lowest BCUT2D eigenvalue weighted by Crippen LogP contribution is -2.45. The van der Waals surface area contributed by atoms with E-state index >= 15 is 0 Å². The molecule has 3 rings (SSSR count). The molecule has 1 fully saturated rings. The minimum Gasteiger partial charge on any atom is -0.338 e. The summed E-state index contributed by atoms with van der Waals surface area (Å²) in [5.41, 5.74) is 1.14. The van der Waals surface area contributed by atoms with E-state index in [1.807, 2.05) is 18.3 Å². The van der Waals surface area contributed by atoms with Gasteiger partial charge in [0, 0.05) is 45.3 Å². The molecule has 0 bridgehead atoms. The van der Waals surface area contributed by atoms with Crippen molar-refractivity contribution in [3.8, 4) is 0 Å². The predicted molar refractivity (Wildman–Crippen MR) is 83.1 cm³/mol. The van der Waals surface area contributed by atoms with E-state index in [1.165, 1.54) is 0 Å². The normalized spacial score (nSPS) is 17.0. The summed E-state index contributed by atoms with van der Waals surface area (Å²) in [6.45, 7) is 7.95. The Hall–Kier alpha value is -1.79. The molecule has 6 nitrogen and oxygen atoms in total. The first kappa shape index (κ1) is 15.1. The number of nitrogens with zero attached hydrogens (tertiary/aromatic N) is 5. The molecule has 0 radical (unpaired) electrons. The molecule has 118 valence electrons. The number of hydrogen-bond acceptors (Lipinski definition) is 6. The number of piperazine rings is 1. The first-order valence-corrected chi connectivity index (χ1v) is 7.99. The second kappa shape index (κ2) is 7.47. The van der Waals surface area contributed by atoms with E-state index in [0.717, 1.165) is 69.5 Å². The molecule has 0 N–H and O–H groups in total. The van der Waals surface area contributed by atoms with Crippen molar-refractivity contribution >= 4 is 0 Å². The molecule has 0 aliphatic carbocycles. The lowest BCUT2D eigenvalue weighted by molar-refractivity contribution is 0.111. The van der Waals surface area contributed by atoms with Gasteiger partial charge in [0.2, 0.25) is 5.89 Å². The Kier molecular flexibility index (Phi) is 5.13. The van der Waals surface area contributed by atoms with Crippen LogP contribution >= 0.6 is 0 Å². The van der Waals surface area contributed by atoms with Gasteiger partial charge in [-0.2, -0.15) is 4.98 Å². The maximum absolute atomic E-state index is 5.32. The van der Waals surface area contributed by atoms with E-state index in [-0.39, 0.29) is 0 Å². The number of rotatable bonds is 6. The highest BCUT2D eigenvalue weighted by molar-refractivity contribution is 5.03. The molecule has 0 unspecified atom stereocenters. The molecular weight excluding hydrogens is 278 g/mol. The van der Waals surface area contributed by atoms with Crippen LogP contribution in [-0.2, 0) is 19.5 Å². The van der Waals surface area contributed by atoms with Gasteiger partial charge in [0.1, 0.15) is 0 Å². The summed E-state index contributed by atoms with van der Waals surface area (Å²) >= 11 is 0. The first-order chi connectivity index (χ1) is 10.8. The number of pyridine rings is 1. The molecule has 6 heteroatoms.